The van der Waals surface area contributed by atoms with E-state index in [9.17, 15) is 4.79 Å². The molecular formula is C18H17N5O2. The van der Waals surface area contributed by atoms with E-state index in [1.165, 1.54) is 0 Å². The molecule has 0 bridgehead atoms. The molecule has 2 fully saturated rings. The number of carbonyl (C=O) groups excluding carboxylic acids is 1. The van der Waals surface area contributed by atoms with Crippen molar-refractivity contribution in [2.45, 2.75) is 24.4 Å². The minimum absolute atomic E-state index is 0.140. The molecule has 2 aliphatic heterocycles. The zero-order valence-corrected chi connectivity index (χ0v) is 13.4. The van der Waals surface area contributed by atoms with Crippen molar-refractivity contribution >= 4 is 6.03 Å². The number of rotatable bonds is 4. The van der Waals surface area contributed by atoms with Gasteiger partial charge in [-0.2, -0.15) is 0 Å². The summed E-state index contributed by atoms with van der Waals surface area (Å²) in [5.41, 5.74) is 10.9. The monoisotopic (exact) mass is 335 g/mol. The first-order valence-corrected chi connectivity index (χ1v) is 8.14. The molecule has 0 unspecified atom stereocenters. The lowest BCUT2D eigenvalue weighted by molar-refractivity contribution is 0.0445. The second-order valence-electron chi connectivity index (χ2n) is 6.09. The van der Waals surface area contributed by atoms with Crippen LogP contribution in [0.15, 0.2) is 65.8 Å². The van der Waals surface area contributed by atoms with Gasteiger partial charge < -0.3 is 10.1 Å². The van der Waals surface area contributed by atoms with Crippen LogP contribution in [-0.2, 0) is 4.74 Å². The molecular weight excluding hydrogens is 318 g/mol. The first-order valence-electron chi connectivity index (χ1n) is 8.14. The van der Waals surface area contributed by atoms with Gasteiger partial charge in [-0.05, 0) is 16.7 Å². The maximum Gasteiger partial charge on any atom is 0.320 e. The van der Waals surface area contributed by atoms with Crippen LogP contribution in [0.3, 0.4) is 0 Å². The summed E-state index contributed by atoms with van der Waals surface area (Å²) < 4.78 is 5.94. The Labute approximate surface area is 144 Å². The molecule has 2 aromatic carbocycles. The molecule has 2 amide bonds. The zero-order valence-electron chi connectivity index (χ0n) is 13.4. The van der Waals surface area contributed by atoms with Crippen molar-refractivity contribution in [3.05, 3.63) is 82.2 Å². The van der Waals surface area contributed by atoms with Crippen LogP contribution in [-0.4, -0.2) is 29.8 Å². The van der Waals surface area contributed by atoms with Crippen LogP contribution in [0.25, 0.3) is 10.4 Å². The molecule has 7 heteroatoms. The standard InChI is InChI=1S/C18H17N5O2/c19-22-21-15(13-9-5-2-6-10-13)16-17-23(18(24)20-16)14(11-25-17)12-7-3-1-4-8-12/h1-10,14-17H,11H2,(H,20,24)/t14-,15+,16+,17+/m1/s1. The second-order valence-corrected chi connectivity index (χ2v) is 6.09. The van der Waals surface area contributed by atoms with Gasteiger partial charge in [0.15, 0.2) is 6.23 Å². The molecule has 4 rings (SSSR count). The number of hydrogen-bond donors (Lipinski definition) is 1. The SMILES string of the molecule is [N-]=[N+]=N[C@@H](c1ccccc1)[C@@H]1NC(=O)N2[C@@H](c3ccccc3)CO[C@@H]12. The van der Waals surface area contributed by atoms with Crippen LogP contribution < -0.4 is 5.32 Å². The molecule has 2 heterocycles. The Hall–Kier alpha value is -3.02. The molecule has 1 N–H and O–H groups in total. The van der Waals surface area contributed by atoms with Crippen LogP contribution in [0.4, 0.5) is 4.79 Å². The van der Waals surface area contributed by atoms with Gasteiger partial charge in [-0.1, -0.05) is 65.8 Å². The van der Waals surface area contributed by atoms with Gasteiger partial charge in [0.25, 0.3) is 0 Å². The highest BCUT2D eigenvalue weighted by molar-refractivity contribution is 5.78. The third-order valence-electron chi connectivity index (χ3n) is 4.71. The summed E-state index contributed by atoms with van der Waals surface area (Å²) in [6, 6.07) is 17.9. The van der Waals surface area contributed by atoms with Gasteiger partial charge in [-0.25, -0.2) is 4.79 Å². The van der Waals surface area contributed by atoms with Gasteiger partial charge in [0.1, 0.15) is 0 Å². The third kappa shape index (κ3) is 2.69. The summed E-state index contributed by atoms with van der Waals surface area (Å²) in [5.74, 6) is 0. The fourth-order valence-corrected chi connectivity index (χ4v) is 3.57. The second kappa shape index (κ2) is 6.47. The summed E-state index contributed by atoms with van der Waals surface area (Å²) >= 11 is 0. The molecule has 25 heavy (non-hydrogen) atoms. The number of amides is 2. The minimum Gasteiger partial charge on any atom is -0.353 e. The minimum atomic E-state index is -0.528. The van der Waals surface area contributed by atoms with E-state index in [4.69, 9.17) is 10.3 Å². The van der Waals surface area contributed by atoms with E-state index in [1.54, 1.807) is 4.90 Å². The quantitative estimate of drug-likeness (QED) is 0.526. The first-order chi connectivity index (χ1) is 12.3. The molecule has 0 saturated carbocycles. The predicted molar refractivity (Wildman–Crippen MR) is 91.4 cm³/mol. The van der Waals surface area contributed by atoms with Crippen molar-refractivity contribution in [1.29, 1.82) is 0 Å². The van der Waals surface area contributed by atoms with Crippen LogP contribution in [0, 0.1) is 0 Å². The van der Waals surface area contributed by atoms with Crippen LogP contribution in [0.5, 0.6) is 0 Å². The summed E-state index contributed by atoms with van der Waals surface area (Å²) in [5, 5.41) is 6.86. The van der Waals surface area contributed by atoms with E-state index in [-0.39, 0.29) is 12.1 Å². The van der Waals surface area contributed by atoms with Crippen molar-refractivity contribution in [2.75, 3.05) is 6.61 Å². The Kier molecular flexibility index (Phi) is 4.01. The maximum absolute atomic E-state index is 12.6. The molecule has 4 atom stereocenters. The predicted octanol–water partition coefficient (Wildman–Crippen LogP) is 3.53. The van der Waals surface area contributed by atoms with E-state index < -0.39 is 18.3 Å². The first kappa shape index (κ1) is 15.5. The number of ether oxygens (including phenoxy) is 1. The van der Waals surface area contributed by atoms with Gasteiger partial charge in [0.05, 0.1) is 24.7 Å². The third-order valence-corrected chi connectivity index (χ3v) is 4.71. The lowest BCUT2D eigenvalue weighted by atomic mass is 9.99. The number of hydrogen-bond acceptors (Lipinski definition) is 3. The Morgan fingerprint density at radius 3 is 2.52 bits per heavy atom. The molecule has 0 radical (unpaired) electrons. The molecule has 7 nitrogen and oxygen atoms in total. The van der Waals surface area contributed by atoms with Gasteiger partial charge in [-0.3, -0.25) is 4.90 Å². The number of fused-ring (bicyclic) bond motifs is 1. The number of benzene rings is 2. The van der Waals surface area contributed by atoms with Gasteiger partial charge in [0.2, 0.25) is 0 Å². The Morgan fingerprint density at radius 1 is 1.16 bits per heavy atom. The van der Waals surface area contributed by atoms with Crippen LogP contribution >= 0.6 is 0 Å². The number of nitrogens with zero attached hydrogens (tertiary/aromatic N) is 4. The largest absolute Gasteiger partial charge is 0.353 e. The zero-order chi connectivity index (χ0) is 17.2. The molecule has 126 valence electrons. The smallest absolute Gasteiger partial charge is 0.320 e. The Morgan fingerprint density at radius 2 is 1.84 bits per heavy atom. The van der Waals surface area contributed by atoms with Crippen molar-refractivity contribution < 1.29 is 9.53 Å². The summed E-state index contributed by atoms with van der Waals surface area (Å²) in [6.45, 7) is 0.427. The van der Waals surface area contributed by atoms with Crippen molar-refractivity contribution in [3.63, 3.8) is 0 Å². The number of carbonyl (C=O) groups is 1. The molecule has 0 aliphatic carbocycles. The fraction of sp³-hybridized carbons (Fsp3) is 0.278. The summed E-state index contributed by atoms with van der Waals surface area (Å²) in [7, 11) is 0. The highest BCUT2D eigenvalue weighted by Crippen LogP contribution is 2.39. The highest BCUT2D eigenvalue weighted by Gasteiger charge is 2.51. The number of nitrogens with one attached hydrogen (secondary N) is 1. The Bertz CT molecular complexity index is 807. The highest BCUT2D eigenvalue weighted by atomic mass is 16.5. The van der Waals surface area contributed by atoms with E-state index in [1.807, 2.05) is 60.7 Å². The van der Waals surface area contributed by atoms with E-state index in [0.29, 0.717) is 6.61 Å². The summed E-state index contributed by atoms with van der Waals surface area (Å²) in [4.78, 5) is 17.3. The van der Waals surface area contributed by atoms with Crippen molar-refractivity contribution in [3.8, 4) is 0 Å². The van der Waals surface area contributed by atoms with E-state index in [2.05, 4.69) is 15.3 Å². The van der Waals surface area contributed by atoms with E-state index in [0.717, 1.165) is 11.1 Å². The number of azide groups is 1. The maximum atomic E-state index is 12.6. The molecule has 0 spiro atoms. The average Bonchev–Trinajstić information content (AvgIpc) is 3.23. The fourth-order valence-electron chi connectivity index (χ4n) is 3.57. The number of urea groups is 1. The van der Waals surface area contributed by atoms with Crippen molar-refractivity contribution in [2.24, 2.45) is 5.11 Å². The van der Waals surface area contributed by atoms with E-state index >= 15 is 0 Å². The lowest BCUT2D eigenvalue weighted by Crippen LogP contribution is -2.38. The van der Waals surface area contributed by atoms with Crippen LogP contribution in [0.2, 0.25) is 0 Å². The Balaban J connectivity index is 1.65. The van der Waals surface area contributed by atoms with Crippen molar-refractivity contribution in [1.82, 2.24) is 10.2 Å². The molecule has 0 aromatic heterocycles. The summed E-state index contributed by atoms with van der Waals surface area (Å²) in [6.07, 6.45) is -0.464. The van der Waals surface area contributed by atoms with Gasteiger partial charge in [-0.15, -0.1) is 0 Å². The van der Waals surface area contributed by atoms with Gasteiger partial charge >= 0.3 is 6.03 Å². The molecule has 2 aliphatic rings. The topological polar surface area (TPSA) is 90.3 Å². The lowest BCUT2D eigenvalue weighted by Gasteiger charge is -2.24. The van der Waals surface area contributed by atoms with Crippen LogP contribution in [0.1, 0.15) is 23.2 Å². The molecule has 2 aromatic rings. The van der Waals surface area contributed by atoms with Gasteiger partial charge in [0, 0.05) is 4.91 Å². The average molecular weight is 335 g/mol. The molecule has 2 saturated heterocycles. The normalized spacial score (nSPS) is 25.8.